The summed E-state index contributed by atoms with van der Waals surface area (Å²) in [5.41, 5.74) is 3.21. The highest BCUT2D eigenvalue weighted by molar-refractivity contribution is 5.85. The molecule has 0 aromatic heterocycles. The van der Waals surface area contributed by atoms with E-state index in [1.807, 2.05) is 87.5 Å². The number of carbonyl (C=O) groups excluding carboxylic acids is 2. The molecule has 3 aromatic rings. The van der Waals surface area contributed by atoms with Crippen molar-refractivity contribution in [3.05, 3.63) is 95.6 Å². The van der Waals surface area contributed by atoms with Crippen molar-refractivity contribution in [1.29, 1.82) is 0 Å². The molecule has 8 nitrogen and oxygen atoms in total. The number of alkyl carbamates (subject to hydrolysis) is 1. The number of aliphatic carboxylic acids is 1. The predicted molar refractivity (Wildman–Crippen MR) is 159 cm³/mol. The first-order valence-electron chi connectivity index (χ1n) is 14.5. The fourth-order valence-corrected chi connectivity index (χ4v) is 6.07. The SMILES string of the molecule is CC(C)(C)OC(=O)N(Cc1ccccc1)C1CCC(NC(=O)OCC2c3ccccc3-c3ccccc32)(C(=O)O)CC1. The summed E-state index contributed by atoms with van der Waals surface area (Å²) < 4.78 is 11.4. The molecule has 2 aliphatic carbocycles. The smallest absolute Gasteiger partial charge is 0.410 e. The molecule has 0 spiro atoms. The second-order valence-corrected chi connectivity index (χ2v) is 12.2. The molecule has 2 aliphatic rings. The van der Waals surface area contributed by atoms with Crippen molar-refractivity contribution in [3.8, 4) is 11.1 Å². The molecule has 0 heterocycles. The number of nitrogens with zero attached hydrogens (tertiary/aromatic N) is 1. The van der Waals surface area contributed by atoms with Crippen molar-refractivity contribution < 1.29 is 29.0 Å². The lowest BCUT2D eigenvalue weighted by atomic mass is 9.79. The summed E-state index contributed by atoms with van der Waals surface area (Å²) in [7, 11) is 0. The molecule has 0 atom stereocenters. The van der Waals surface area contributed by atoms with Crippen molar-refractivity contribution in [2.75, 3.05) is 6.61 Å². The lowest BCUT2D eigenvalue weighted by Crippen LogP contribution is -2.58. The Labute approximate surface area is 246 Å². The molecule has 1 fully saturated rings. The summed E-state index contributed by atoms with van der Waals surface area (Å²) in [5.74, 6) is -1.23. The molecule has 3 aromatic carbocycles. The van der Waals surface area contributed by atoms with Crippen molar-refractivity contribution in [1.82, 2.24) is 10.2 Å². The van der Waals surface area contributed by atoms with Crippen molar-refractivity contribution in [2.24, 2.45) is 0 Å². The number of amides is 2. The topological polar surface area (TPSA) is 105 Å². The van der Waals surface area contributed by atoms with Gasteiger partial charge in [0.2, 0.25) is 0 Å². The molecule has 1 saturated carbocycles. The zero-order valence-electron chi connectivity index (χ0n) is 24.3. The number of hydrogen-bond acceptors (Lipinski definition) is 5. The van der Waals surface area contributed by atoms with E-state index in [1.54, 1.807) is 4.90 Å². The lowest BCUT2D eigenvalue weighted by Gasteiger charge is -2.41. The molecule has 42 heavy (non-hydrogen) atoms. The molecule has 0 radical (unpaired) electrons. The molecular weight excluding hydrogens is 532 g/mol. The molecule has 2 N–H and O–H groups in total. The number of hydrogen-bond donors (Lipinski definition) is 2. The van der Waals surface area contributed by atoms with Crippen molar-refractivity contribution in [3.63, 3.8) is 0 Å². The number of carbonyl (C=O) groups is 3. The minimum atomic E-state index is -1.48. The van der Waals surface area contributed by atoms with Crippen LogP contribution in [0.3, 0.4) is 0 Å². The van der Waals surface area contributed by atoms with Gasteiger partial charge in [-0.25, -0.2) is 14.4 Å². The van der Waals surface area contributed by atoms with Crippen LogP contribution in [0.25, 0.3) is 11.1 Å². The van der Waals surface area contributed by atoms with Crippen molar-refractivity contribution >= 4 is 18.2 Å². The fourth-order valence-electron chi connectivity index (χ4n) is 6.07. The van der Waals surface area contributed by atoms with E-state index in [4.69, 9.17) is 9.47 Å². The largest absolute Gasteiger partial charge is 0.480 e. The van der Waals surface area contributed by atoms with Crippen LogP contribution < -0.4 is 5.32 Å². The van der Waals surface area contributed by atoms with Crippen LogP contribution in [0.2, 0.25) is 0 Å². The van der Waals surface area contributed by atoms with Crippen LogP contribution in [-0.2, 0) is 20.8 Å². The maximum Gasteiger partial charge on any atom is 0.410 e. The first kappa shape index (κ1) is 29.2. The summed E-state index contributed by atoms with van der Waals surface area (Å²) in [6.45, 7) is 5.91. The van der Waals surface area contributed by atoms with E-state index >= 15 is 0 Å². The van der Waals surface area contributed by atoms with E-state index in [1.165, 1.54) is 0 Å². The second-order valence-electron chi connectivity index (χ2n) is 12.2. The van der Waals surface area contributed by atoms with Crippen LogP contribution in [0.15, 0.2) is 78.9 Å². The first-order valence-corrected chi connectivity index (χ1v) is 14.5. The van der Waals surface area contributed by atoms with E-state index in [2.05, 4.69) is 17.4 Å². The predicted octanol–water partition coefficient (Wildman–Crippen LogP) is 6.73. The van der Waals surface area contributed by atoms with Crippen LogP contribution in [0, 0.1) is 0 Å². The Morgan fingerprint density at radius 2 is 1.43 bits per heavy atom. The number of ether oxygens (including phenoxy) is 2. The number of benzene rings is 3. The number of fused-ring (bicyclic) bond motifs is 3. The van der Waals surface area contributed by atoms with Crippen LogP contribution in [0.5, 0.6) is 0 Å². The van der Waals surface area contributed by atoms with Gasteiger partial charge in [0.25, 0.3) is 0 Å². The maximum absolute atomic E-state index is 13.2. The van der Waals surface area contributed by atoms with Gasteiger partial charge in [0.1, 0.15) is 17.7 Å². The zero-order valence-corrected chi connectivity index (χ0v) is 24.3. The summed E-state index contributed by atoms with van der Waals surface area (Å²) in [6, 6.07) is 25.5. The molecule has 5 rings (SSSR count). The van der Waals surface area contributed by atoms with Gasteiger partial charge in [-0.3, -0.25) is 0 Å². The van der Waals surface area contributed by atoms with Gasteiger partial charge in [-0.05, 0) is 74.3 Å². The highest BCUT2D eigenvalue weighted by Crippen LogP contribution is 2.44. The van der Waals surface area contributed by atoms with E-state index in [0.717, 1.165) is 27.8 Å². The highest BCUT2D eigenvalue weighted by Gasteiger charge is 2.46. The lowest BCUT2D eigenvalue weighted by molar-refractivity contribution is -0.146. The Kier molecular flexibility index (Phi) is 8.25. The quantitative estimate of drug-likeness (QED) is 0.326. The maximum atomic E-state index is 13.2. The number of carboxylic acid groups (broad SMARTS) is 1. The number of rotatable bonds is 7. The zero-order chi connectivity index (χ0) is 29.9. The third-order valence-corrected chi connectivity index (χ3v) is 8.17. The fraction of sp³-hybridized carbons (Fsp3) is 0.382. The van der Waals surface area contributed by atoms with Crippen molar-refractivity contribution in [2.45, 2.75) is 76.1 Å². The Morgan fingerprint density at radius 3 is 1.98 bits per heavy atom. The highest BCUT2D eigenvalue weighted by atomic mass is 16.6. The van der Waals surface area contributed by atoms with E-state index in [-0.39, 0.29) is 31.4 Å². The van der Waals surface area contributed by atoms with E-state index in [9.17, 15) is 19.5 Å². The molecule has 0 unspecified atom stereocenters. The summed E-state index contributed by atoms with van der Waals surface area (Å²) in [4.78, 5) is 40.5. The van der Waals surface area contributed by atoms with E-state index in [0.29, 0.717) is 19.4 Å². The van der Waals surface area contributed by atoms with Gasteiger partial charge in [0, 0.05) is 18.5 Å². The number of carboxylic acids is 1. The van der Waals surface area contributed by atoms with Gasteiger partial charge < -0.3 is 24.8 Å². The minimum absolute atomic E-state index is 0.0989. The summed E-state index contributed by atoms with van der Waals surface area (Å²) in [5, 5.41) is 12.9. The van der Waals surface area contributed by atoms with Gasteiger partial charge in [-0.1, -0.05) is 78.9 Å². The molecular formula is C34H38N2O6. The molecule has 0 saturated heterocycles. The number of nitrogens with one attached hydrogen (secondary N) is 1. The third-order valence-electron chi connectivity index (χ3n) is 8.17. The molecule has 2 amide bonds. The summed E-state index contributed by atoms with van der Waals surface area (Å²) >= 11 is 0. The Balaban J connectivity index is 1.25. The van der Waals surface area contributed by atoms with Crippen LogP contribution in [-0.4, -0.2) is 52.0 Å². The molecule has 220 valence electrons. The average molecular weight is 571 g/mol. The Morgan fingerprint density at radius 1 is 0.881 bits per heavy atom. The van der Waals surface area contributed by atoms with Gasteiger partial charge in [0.05, 0.1) is 0 Å². The van der Waals surface area contributed by atoms with Gasteiger partial charge in [-0.15, -0.1) is 0 Å². The standard InChI is InChI=1S/C34H38N2O6/c1-33(2,3)42-32(40)36(21-23-11-5-4-6-12-23)24-17-19-34(20-18-24,30(37)38)35-31(39)41-22-29-27-15-9-7-13-25(27)26-14-8-10-16-28(26)29/h4-16,24,29H,17-22H2,1-3H3,(H,35,39)(H,37,38). The molecule has 0 bridgehead atoms. The van der Waals surface area contributed by atoms with Crippen LogP contribution >= 0.6 is 0 Å². The second kappa shape index (κ2) is 11.9. The van der Waals surface area contributed by atoms with Gasteiger partial charge in [-0.2, -0.15) is 0 Å². The van der Waals surface area contributed by atoms with E-state index < -0.39 is 29.3 Å². The minimum Gasteiger partial charge on any atom is -0.480 e. The Bertz CT molecular complexity index is 1390. The Hall–Kier alpha value is -4.33. The van der Waals surface area contributed by atoms with Crippen LogP contribution in [0.4, 0.5) is 9.59 Å². The molecule has 0 aliphatic heterocycles. The van der Waals surface area contributed by atoms with Gasteiger partial charge >= 0.3 is 18.2 Å². The summed E-state index contributed by atoms with van der Waals surface area (Å²) in [6.07, 6.45) is -0.102. The van der Waals surface area contributed by atoms with Crippen LogP contribution in [0.1, 0.15) is 69.1 Å². The van der Waals surface area contributed by atoms with Gasteiger partial charge in [0.15, 0.2) is 0 Å². The first-order chi connectivity index (χ1) is 20.1. The monoisotopic (exact) mass is 570 g/mol. The normalized spacial score (nSPS) is 19.7. The third kappa shape index (κ3) is 6.27. The average Bonchev–Trinajstić information content (AvgIpc) is 3.28. The molecule has 8 heteroatoms.